The summed E-state index contributed by atoms with van der Waals surface area (Å²) in [5, 5.41) is 5.51. The van der Waals surface area contributed by atoms with Crippen LogP contribution in [0.4, 0.5) is 0 Å². The van der Waals surface area contributed by atoms with Crippen molar-refractivity contribution in [3.63, 3.8) is 0 Å². The van der Waals surface area contributed by atoms with E-state index in [1.807, 2.05) is 26.1 Å². The Balaban J connectivity index is 0.00000261. The van der Waals surface area contributed by atoms with Gasteiger partial charge in [0.15, 0.2) is 0 Å². The van der Waals surface area contributed by atoms with Crippen LogP contribution in [0.5, 0.6) is 5.75 Å². The Labute approximate surface area is 168 Å². The van der Waals surface area contributed by atoms with E-state index >= 15 is 0 Å². The highest BCUT2D eigenvalue weighted by Gasteiger charge is 2.26. The molecule has 148 valence electrons. The Morgan fingerprint density at radius 1 is 1.19 bits per heavy atom. The second-order valence-corrected chi connectivity index (χ2v) is 7.36. The standard InChI is InChI=1S/C22H30N2O2.ClH/c1-16(22(25)24-12-9-17(10-13-24)8-11-23-2)18-4-5-20-15-21(26-3)7-6-19(20)14-18;/h4-7,14-17,23H,8-13H2,1-3H3;1H. The number of fused-ring (bicyclic) bond motifs is 1. The third-order valence-corrected chi connectivity index (χ3v) is 5.67. The molecule has 1 N–H and O–H groups in total. The SMILES string of the molecule is CNCCC1CCN(C(=O)C(C)c2ccc3cc(OC)ccc3c2)CC1.Cl. The first-order valence-corrected chi connectivity index (χ1v) is 9.63. The lowest BCUT2D eigenvalue weighted by molar-refractivity contribution is -0.133. The van der Waals surface area contributed by atoms with E-state index in [4.69, 9.17) is 4.74 Å². The van der Waals surface area contributed by atoms with Crippen molar-refractivity contribution in [3.05, 3.63) is 42.0 Å². The van der Waals surface area contributed by atoms with Gasteiger partial charge in [0.1, 0.15) is 5.75 Å². The maximum absolute atomic E-state index is 12.9. The summed E-state index contributed by atoms with van der Waals surface area (Å²) in [6.07, 6.45) is 3.46. The van der Waals surface area contributed by atoms with Gasteiger partial charge in [-0.3, -0.25) is 4.79 Å². The molecular formula is C22H31ClN2O2. The predicted molar refractivity (Wildman–Crippen MR) is 114 cm³/mol. The highest BCUT2D eigenvalue weighted by Crippen LogP contribution is 2.28. The second kappa shape index (κ2) is 9.95. The van der Waals surface area contributed by atoms with E-state index in [2.05, 4.69) is 34.5 Å². The smallest absolute Gasteiger partial charge is 0.229 e. The molecule has 0 spiro atoms. The summed E-state index contributed by atoms with van der Waals surface area (Å²) in [5.74, 6) is 1.76. The maximum atomic E-state index is 12.9. The fourth-order valence-electron chi connectivity index (χ4n) is 3.85. The van der Waals surface area contributed by atoms with Crippen molar-refractivity contribution in [2.45, 2.75) is 32.1 Å². The molecular weight excluding hydrogens is 360 g/mol. The number of amides is 1. The van der Waals surface area contributed by atoms with Gasteiger partial charge in [-0.25, -0.2) is 0 Å². The minimum atomic E-state index is -0.102. The lowest BCUT2D eigenvalue weighted by Gasteiger charge is -2.33. The van der Waals surface area contributed by atoms with E-state index in [0.29, 0.717) is 0 Å². The molecule has 1 heterocycles. The van der Waals surface area contributed by atoms with Crippen LogP contribution in [-0.4, -0.2) is 44.6 Å². The largest absolute Gasteiger partial charge is 0.497 e. The van der Waals surface area contributed by atoms with Crippen LogP contribution in [0, 0.1) is 5.92 Å². The van der Waals surface area contributed by atoms with Gasteiger partial charge >= 0.3 is 0 Å². The number of nitrogens with one attached hydrogen (secondary N) is 1. The minimum absolute atomic E-state index is 0. The van der Waals surface area contributed by atoms with Gasteiger partial charge in [0.05, 0.1) is 13.0 Å². The number of hydrogen-bond acceptors (Lipinski definition) is 3. The molecule has 4 nitrogen and oxygen atoms in total. The molecule has 5 heteroatoms. The first kappa shape index (κ1) is 21.5. The summed E-state index contributed by atoms with van der Waals surface area (Å²) in [6, 6.07) is 12.3. The maximum Gasteiger partial charge on any atom is 0.229 e. The lowest BCUT2D eigenvalue weighted by Crippen LogP contribution is -2.40. The van der Waals surface area contributed by atoms with Crippen LogP contribution >= 0.6 is 12.4 Å². The Bertz CT molecular complexity index is 757. The molecule has 0 radical (unpaired) electrons. The molecule has 3 rings (SSSR count). The predicted octanol–water partition coefficient (Wildman–Crippen LogP) is 4.22. The molecule has 0 aliphatic carbocycles. The Morgan fingerprint density at radius 3 is 2.52 bits per heavy atom. The van der Waals surface area contributed by atoms with Crippen molar-refractivity contribution in [3.8, 4) is 5.75 Å². The summed E-state index contributed by atoms with van der Waals surface area (Å²) in [6.45, 7) is 4.88. The highest BCUT2D eigenvalue weighted by atomic mass is 35.5. The van der Waals surface area contributed by atoms with Crippen LogP contribution in [-0.2, 0) is 4.79 Å². The van der Waals surface area contributed by atoms with Crippen molar-refractivity contribution >= 4 is 29.1 Å². The lowest BCUT2D eigenvalue weighted by atomic mass is 9.91. The topological polar surface area (TPSA) is 41.6 Å². The summed E-state index contributed by atoms with van der Waals surface area (Å²) in [5.41, 5.74) is 1.09. The fraction of sp³-hybridized carbons (Fsp3) is 0.500. The van der Waals surface area contributed by atoms with E-state index in [1.165, 1.54) is 6.42 Å². The van der Waals surface area contributed by atoms with Gasteiger partial charge in [0, 0.05) is 13.1 Å². The monoisotopic (exact) mass is 390 g/mol. The molecule has 1 aliphatic rings. The molecule has 2 aromatic carbocycles. The number of likely N-dealkylation sites (tertiary alicyclic amines) is 1. The molecule has 0 bridgehead atoms. The zero-order valence-corrected chi connectivity index (χ0v) is 17.3. The number of rotatable bonds is 6. The zero-order valence-electron chi connectivity index (χ0n) is 16.5. The molecule has 1 saturated heterocycles. The number of methoxy groups -OCH3 is 1. The normalized spacial score (nSPS) is 16.0. The number of carbonyl (C=O) groups excluding carboxylic acids is 1. The molecule has 27 heavy (non-hydrogen) atoms. The molecule has 0 saturated carbocycles. The average molecular weight is 391 g/mol. The van der Waals surface area contributed by atoms with Gasteiger partial charge in [-0.15, -0.1) is 12.4 Å². The number of halogens is 1. The Hall–Kier alpha value is -1.78. The van der Waals surface area contributed by atoms with E-state index in [0.717, 1.165) is 60.5 Å². The van der Waals surface area contributed by atoms with Crippen LogP contribution in [0.2, 0.25) is 0 Å². The molecule has 1 atom stereocenters. The summed E-state index contributed by atoms with van der Waals surface area (Å²) >= 11 is 0. The molecule has 1 amide bonds. The number of ether oxygens (including phenoxy) is 1. The van der Waals surface area contributed by atoms with E-state index in [-0.39, 0.29) is 24.2 Å². The van der Waals surface area contributed by atoms with Gasteiger partial charge in [-0.1, -0.05) is 24.3 Å². The van der Waals surface area contributed by atoms with E-state index in [1.54, 1.807) is 7.11 Å². The minimum Gasteiger partial charge on any atom is -0.497 e. The van der Waals surface area contributed by atoms with E-state index < -0.39 is 0 Å². The molecule has 1 unspecified atom stereocenters. The van der Waals surface area contributed by atoms with Gasteiger partial charge in [-0.05, 0) is 74.2 Å². The number of hydrogen-bond donors (Lipinski definition) is 1. The number of benzene rings is 2. The molecule has 1 fully saturated rings. The van der Waals surface area contributed by atoms with Gasteiger partial charge in [-0.2, -0.15) is 0 Å². The summed E-state index contributed by atoms with van der Waals surface area (Å²) in [7, 11) is 3.68. The number of piperidine rings is 1. The molecule has 1 aliphatic heterocycles. The van der Waals surface area contributed by atoms with Crippen LogP contribution < -0.4 is 10.1 Å². The average Bonchev–Trinajstić information content (AvgIpc) is 2.70. The highest BCUT2D eigenvalue weighted by molar-refractivity contribution is 5.88. The zero-order chi connectivity index (χ0) is 18.5. The number of carbonyl (C=O) groups is 1. The summed E-state index contributed by atoms with van der Waals surface area (Å²) in [4.78, 5) is 15.0. The first-order chi connectivity index (χ1) is 12.6. The molecule has 2 aromatic rings. The second-order valence-electron chi connectivity index (χ2n) is 7.36. The van der Waals surface area contributed by atoms with Crippen molar-refractivity contribution in [1.29, 1.82) is 0 Å². The van der Waals surface area contributed by atoms with Gasteiger partial charge < -0.3 is 15.0 Å². The Kier molecular flexibility index (Phi) is 7.93. The third-order valence-electron chi connectivity index (χ3n) is 5.67. The van der Waals surface area contributed by atoms with Crippen LogP contribution in [0.25, 0.3) is 10.8 Å². The van der Waals surface area contributed by atoms with Crippen molar-refractivity contribution in [2.24, 2.45) is 5.92 Å². The first-order valence-electron chi connectivity index (χ1n) is 9.63. The summed E-state index contributed by atoms with van der Waals surface area (Å²) < 4.78 is 5.29. The quantitative estimate of drug-likeness (QED) is 0.802. The molecule has 0 aromatic heterocycles. The fourth-order valence-corrected chi connectivity index (χ4v) is 3.85. The van der Waals surface area contributed by atoms with Crippen molar-refractivity contribution in [1.82, 2.24) is 10.2 Å². The van der Waals surface area contributed by atoms with Gasteiger partial charge in [0.2, 0.25) is 5.91 Å². The van der Waals surface area contributed by atoms with Crippen LogP contribution in [0.3, 0.4) is 0 Å². The third kappa shape index (κ3) is 5.14. The number of nitrogens with zero attached hydrogens (tertiary/aromatic N) is 1. The van der Waals surface area contributed by atoms with Crippen molar-refractivity contribution in [2.75, 3.05) is 33.8 Å². The van der Waals surface area contributed by atoms with Gasteiger partial charge in [0.25, 0.3) is 0 Å². The van der Waals surface area contributed by atoms with Crippen LogP contribution in [0.1, 0.15) is 37.7 Å². The van der Waals surface area contributed by atoms with Crippen molar-refractivity contribution < 1.29 is 9.53 Å². The van der Waals surface area contributed by atoms with Crippen LogP contribution in [0.15, 0.2) is 36.4 Å². The van der Waals surface area contributed by atoms with E-state index in [9.17, 15) is 4.79 Å². The Morgan fingerprint density at radius 2 is 1.85 bits per heavy atom.